The Morgan fingerprint density at radius 1 is 1.33 bits per heavy atom. The molecule has 0 aliphatic rings. The summed E-state index contributed by atoms with van der Waals surface area (Å²) in [4.78, 5) is 4.21. The molecular weight excluding hydrogens is 266 g/mol. The minimum Gasteiger partial charge on any atom is -0.384 e. The third kappa shape index (κ3) is 4.50. The van der Waals surface area contributed by atoms with Gasteiger partial charge in [0.05, 0.1) is 5.69 Å². The van der Waals surface area contributed by atoms with Gasteiger partial charge in [-0.2, -0.15) is 0 Å². The van der Waals surface area contributed by atoms with Crippen LogP contribution in [0.4, 0.5) is 10.9 Å². The summed E-state index contributed by atoms with van der Waals surface area (Å²) in [6, 6.07) is 5.62. The lowest BCUT2D eigenvalue weighted by atomic mass is 10.4. The maximum Gasteiger partial charge on any atom is 0.206 e. The lowest BCUT2D eigenvalue weighted by Gasteiger charge is -1.98. The summed E-state index contributed by atoms with van der Waals surface area (Å²) in [5.74, 6) is 1.30. The summed E-state index contributed by atoms with van der Waals surface area (Å²) >= 11 is 3.13. The molecule has 2 aromatic rings. The van der Waals surface area contributed by atoms with Crippen molar-refractivity contribution >= 4 is 34.0 Å². The van der Waals surface area contributed by atoms with Gasteiger partial charge in [0.25, 0.3) is 0 Å². The van der Waals surface area contributed by atoms with E-state index in [9.17, 15) is 0 Å². The van der Waals surface area contributed by atoms with Crippen LogP contribution in [0.25, 0.3) is 0 Å². The zero-order chi connectivity index (χ0) is 13.4. The van der Waals surface area contributed by atoms with Gasteiger partial charge in [-0.1, -0.05) is 43.0 Å². The number of rotatable bonds is 4. The van der Waals surface area contributed by atoms with Crippen LogP contribution in [0.3, 0.4) is 0 Å². The quantitative estimate of drug-likeness (QED) is 0.840. The fraction of sp³-hybridized carbons (Fsp3) is 0.364. The molecule has 2 heterocycles. The summed E-state index contributed by atoms with van der Waals surface area (Å²) in [6.07, 6.45) is 0. The number of nitrogens with two attached hydrogens (primary N) is 1. The molecule has 0 aliphatic heterocycles. The largest absolute Gasteiger partial charge is 0.384 e. The Bertz CT molecular complexity index is 472. The van der Waals surface area contributed by atoms with Crippen LogP contribution in [0.5, 0.6) is 0 Å². The summed E-state index contributed by atoms with van der Waals surface area (Å²) < 4.78 is 0.925. The molecule has 0 radical (unpaired) electrons. The Hall–Kier alpha value is -1.34. The third-order valence-electron chi connectivity index (χ3n) is 1.79. The third-order valence-corrected chi connectivity index (χ3v) is 3.90. The fourth-order valence-corrected chi connectivity index (χ4v) is 2.69. The van der Waals surface area contributed by atoms with E-state index in [1.165, 1.54) is 11.3 Å². The summed E-state index contributed by atoms with van der Waals surface area (Å²) in [5.41, 5.74) is 6.55. The first-order valence-corrected chi connectivity index (χ1v) is 7.43. The van der Waals surface area contributed by atoms with E-state index in [1.807, 2.05) is 33.0 Å². The highest BCUT2D eigenvalue weighted by Crippen LogP contribution is 2.27. The van der Waals surface area contributed by atoms with Crippen LogP contribution < -0.4 is 11.1 Å². The molecule has 0 aromatic carbocycles. The molecule has 0 saturated carbocycles. The SMILES string of the molecule is CC.CNc1nnc(SCc2cccc(N)n2)s1. The number of pyridine rings is 1. The Morgan fingerprint density at radius 3 is 2.72 bits per heavy atom. The molecule has 7 heteroatoms. The van der Waals surface area contributed by atoms with Gasteiger partial charge < -0.3 is 11.1 Å². The average molecular weight is 283 g/mol. The van der Waals surface area contributed by atoms with E-state index < -0.39 is 0 Å². The second-order valence-corrected chi connectivity index (χ2v) is 5.17. The minimum atomic E-state index is 0.547. The van der Waals surface area contributed by atoms with Gasteiger partial charge in [-0.3, -0.25) is 0 Å². The van der Waals surface area contributed by atoms with Crippen molar-refractivity contribution in [1.82, 2.24) is 15.2 Å². The van der Waals surface area contributed by atoms with Gasteiger partial charge in [-0.25, -0.2) is 4.98 Å². The van der Waals surface area contributed by atoms with Gasteiger partial charge in [0.15, 0.2) is 4.34 Å². The molecule has 0 atom stereocenters. The number of nitrogens with zero attached hydrogens (tertiary/aromatic N) is 3. The van der Waals surface area contributed by atoms with Crippen LogP contribution in [0, 0.1) is 0 Å². The number of anilines is 2. The van der Waals surface area contributed by atoms with Crippen LogP contribution in [0.1, 0.15) is 19.5 Å². The molecule has 0 unspecified atom stereocenters. The molecule has 0 aliphatic carbocycles. The first-order chi connectivity index (χ1) is 8.78. The van der Waals surface area contributed by atoms with Crippen LogP contribution in [0.15, 0.2) is 22.5 Å². The highest BCUT2D eigenvalue weighted by molar-refractivity contribution is 8.00. The van der Waals surface area contributed by atoms with Gasteiger partial charge in [0, 0.05) is 12.8 Å². The van der Waals surface area contributed by atoms with Crippen LogP contribution in [-0.2, 0) is 5.75 Å². The van der Waals surface area contributed by atoms with E-state index in [0.29, 0.717) is 5.82 Å². The van der Waals surface area contributed by atoms with Crippen molar-refractivity contribution in [1.29, 1.82) is 0 Å². The molecule has 98 valence electrons. The molecule has 3 N–H and O–H groups in total. The number of nitrogen functional groups attached to an aromatic ring is 1. The van der Waals surface area contributed by atoms with Crippen molar-refractivity contribution < 1.29 is 0 Å². The summed E-state index contributed by atoms with van der Waals surface area (Å²) in [7, 11) is 1.83. The van der Waals surface area contributed by atoms with E-state index in [2.05, 4.69) is 20.5 Å². The standard InChI is InChI=1S/C9H11N5S2.C2H6/c1-11-8-13-14-9(16-8)15-5-6-3-2-4-7(10)12-6;1-2/h2-4H,5H2,1H3,(H2,10,12)(H,11,13);1-2H3. The maximum atomic E-state index is 5.60. The average Bonchev–Trinajstić information content (AvgIpc) is 2.87. The molecule has 18 heavy (non-hydrogen) atoms. The molecule has 0 bridgehead atoms. The van der Waals surface area contributed by atoms with Crippen molar-refractivity contribution in [3.63, 3.8) is 0 Å². The van der Waals surface area contributed by atoms with Crippen molar-refractivity contribution in [3.8, 4) is 0 Å². The molecule has 5 nitrogen and oxygen atoms in total. The Morgan fingerprint density at radius 2 is 2.11 bits per heavy atom. The number of hydrogen-bond donors (Lipinski definition) is 2. The summed E-state index contributed by atoms with van der Waals surface area (Å²) in [6.45, 7) is 4.00. The monoisotopic (exact) mass is 283 g/mol. The normalized spacial score (nSPS) is 9.50. The first-order valence-electron chi connectivity index (χ1n) is 5.63. The highest BCUT2D eigenvalue weighted by atomic mass is 32.2. The van der Waals surface area contributed by atoms with Gasteiger partial charge in [-0.15, -0.1) is 10.2 Å². The van der Waals surface area contributed by atoms with Gasteiger partial charge in [-0.05, 0) is 12.1 Å². The number of nitrogens with one attached hydrogen (secondary N) is 1. The van der Waals surface area contributed by atoms with Gasteiger partial charge in [0.2, 0.25) is 5.13 Å². The molecular formula is C11H17N5S2. The number of hydrogen-bond acceptors (Lipinski definition) is 7. The zero-order valence-electron chi connectivity index (χ0n) is 10.7. The molecule has 0 spiro atoms. The number of thioether (sulfide) groups is 1. The van der Waals surface area contributed by atoms with Gasteiger partial charge in [0.1, 0.15) is 5.82 Å². The van der Waals surface area contributed by atoms with Crippen molar-refractivity contribution in [2.24, 2.45) is 0 Å². The van der Waals surface area contributed by atoms with E-state index >= 15 is 0 Å². The van der Waals surface area contributed by atoms with Crippen molar-refractivity contribution in [2.75, 3.05) is 18.1 Å². The van der Waals surface area contributed by atoms with E-state index in [4.69, 9.17) is 5.73 Å². The lowest BCUT2D eigenvalue weighted by molar-refractivity contribution is 1.01. The Labute approximate surface area is 115 Å². The minimum absolute atomic E-state index is 0.547. The van der Waals surface area contributed by atoms with E-state index in [-0.39, 0.29) is 0 Å². The van der Waals surface area contributed by atoms with E-state index in [1.54, 1.807) is 17.8 Å². The predicted octanol–water partition coefficient (Wildman–Crippen LogP) is 2.88. The zero-order valence-corrected chi connectivity index (χ0v) is 12.3. The maximum absolute atomic E-state index is 5.60. The van der Waals surface area contributed by atoms with Crippen LogP contribution in [-0.4, -0.2) is 22.2 Å². The smallest absolute Gasteiger partial charge is 0.206 e. The van der Waals surface area contributed by atoms with E-state index in [0.717, 1.165) is 20.9 Å². The Kier molecular flexibility index (Phi) is 6.45. The number of aromatic nitrogens is 3. The van der Waals surface area contributed by atoms with Crippen molar-refractivity contribution in [3.05, 3.63) is 23.9 Å². The second kappa shape index (κ2) is 7.88. The van der Waals surface area contributed by atoms with Crippen LogP contribution in [0.2, 0.25) is 0 Å². The molecule has 2 aromatic heterocycles. The molecule has 0 fully saturated rings. The summed E-state index contributed by atoms with van der Waals surface area (Å²) in [5, 5.41) is 11.8. The molecule has 0 saturated heterocycles. The van der Waals surface area contributed by atoms with Crippen molar-refractivity contribution in [2.45, 2.75) is 23.9 Å². The lowest BCUT2D eigenvalue weighted by Crippen LogP contribution is -1.93. The molecule has 2 rings (SSSR count). The van der Waals surface area contributed by atoms with Gasteiger partial charge >= 0.3 is 0 Å². The highest BCUT2D eigenvalue weighted by Gasteiger charge is 2.04. The fourth-order valence-electron chi connectivity index (χ4n) is 1.08. The predicted molar refractivity (Wildman–Crippen MR) is 79.0 cm³/mol. The Balaban J connectivity index is 0.000000771. The topological polar surface area (TPSA) is 76.7 Å². The van der Waals surface area contributed by atoms with Crippen LogP contribution >= 0.6 is 23.1 Å². The molecule has 0 amide bonds. The first kappa shape index (κ1) is 14.7. The second-order valence-electron chi connectivity index (χ2n) is 2.97.